The number of hydrogen-bond acceptors (Lipinski definition) is 3. The summed E-state index contributed by atoms with van der Waals surface area (Å²) in [4.78, 5) is 26.4. The van der Waals surface area contributed by atoms with E-state index < -0.39 is 0 Å². The Bertz CT molecular complexity index is 778. The van der Waals surface area contributed by atoms with Crippen LogP contribution in [0.15, 0.2) is 53.0 Å². The van der Waals surface area contributed by atoms with E-state index in [-0.39, 0.29) is 24.2 Å². The number of ether oxygens (including phenoxy) is 1. The maximum absolute atomic E-state index is 12.5. The van der Waals surface area contributed by atoms with Crippen LogP contribution in [0.5, 0.6) is 5.75 Å². The van der Waals surface area contributed by atoms with Gasteiger partial charge in [-0.05, 0) is 30.3 Å². The molecule has 1 heterocycles. The second kappa shape index (κ2) is 7.05. The molecule has 2 aromatic rings. The van der Waals surface area contributed by atoms with Gasteiger partial charge >= 0.3 is 0 Å². The van der Waals surface area contributed by atoms with E-state index in [1.165, 1.54) is 0 Å². The lowest BCUT2D eigenvalue weighted by Gasteiger charge is -2.17. The summed E-state index contributed by atoms with van der Waals surface area (Å²) in [5.41, 5.74) is 1.46. The number of amides is 2. The zero-order valence-electron chi connectivity index (χ0n) is 13.2. The third-order valence-corrected chi connectivity index (χ3v) is 4.45. The highest BCUT2D eigenvalue weighted by Gasteiger charge is 2.35. The first-order chi connectivity index (χ1) is 11.6. The van der Waals surface area contributed by atoms with Crippen LogP contribution in [0.25, 0.3) is 0 Å². The lowest BCUT2D eigenvalue weighted by Crippen LogP contribution is -2.28. The molecule has 1 aliphatic heterocycles. The van der Waals surface area contributed by atoms with Crippen molar-refractivity contribution >= 4 is 39.1 Å². The first kappa shape index (κ1) is 16.5. The highest BCUT2D eigenvalue weighted by molar-refractivity contribution is 9.10. The Kier molecular flexibility index (Phi) is 4.85. The third kappa shape index (κ3) is 3.59. The van der Waals surface area contributed by atoms with Gasteiger partial charge in [-0.25, -0.2) is 0 Å². The van der Waals surface area contributed by atoms with E-state index in [1.54, 1.807) is 24.1 Å². The molecule has 1 fully saturated rings. The van der Waals surface area contributed by atoms with Crippen molar-refractivity contribution in [1.29, 1.82) is 0 Å². The molecule has 1 unspecified atom stereocenters. The number of rotatable bonds is 4. The number of anilines is 2. The molecular weight excluding hydrogens is 372 g/mol. The first-order valence-electron chi connectivity index (χ1n) is 7.57. The summed E-state index contributed by atoms with van der Waals surface area (Å²) in [7, 11) is 1.58. The van der Waals surface area contributed by atoms with Gasteiger partial charge in [0.25, 0.3) is 0 Å². The van der Waals surface area contributed by atoms with Crippen molar-refractivity contribution in [2.45, 2.75) is 6.42 Å². The lowest BCUT2D eigenvalue weighted by molar-refractivity contribution is -0.122. The van der Waals surface area contributed by atoms with Gasteiger partial charge in [-0.15, -0.1) is 0 Å². The smallest absolute Gasteiger partial charge is 0.229 e. The van der Waals surface area contributed by atoms with Crippen molar-refractivity contribution in [2.75, 3.05) is 23.9 Å². The second-order valence-electron chi connectivity index (χ2n) is 5.61. The van der Waals surface area contributed by atoms with Crippen LogP contribution < -0.4 is 15.0 Å². The monoisotopic (exact) mass is 388 g/mol. The van der Waals surface area contributed by atoms with Gasteiger partial charge in [0.1, 0.15) is 5.75 Å². The average Bonchev–Trinajstić information content (AvgIpc) is 2.97. The van der Waals surface area contributed by atoms with Gasteiger partial charge in [-0.1, -0.05) is 28.1 Å². The number of halogens is 1. The van der Waals surface area contributed by atoms with E-state index in [9.17, 15) is 9.59 Å². The molecule has 2 aromatic carbocycles. The van der Waals surface area contributed by atoms with Crippen LogP contribution in [0.1, 0.15) is 6.42 Å². The van der Waals surface area contributed by atoms with Gasteiger partial charge in [0.15, 0.2) is 0 Å². The Balaban J connectivity index is 1.69. The summed E-state index contributed by atoms with van der Waals surface area (Å²) in [6, 6.07) is 14.7. The number of nitrogens with one attached hydrogen (secondary N) is 1. The molecule has 2 amide bonds. The molecule has 24 heavy (non-hydrogen) atoms. The minimum Gasteiger partial charge on any atom is -0.497 e. The normalized spacial score (nSPS) is 17.0. The molecule has 1 aliphatic rings. The summed E-state index contributed by atoms with van der Waals surface area (Å²) in [6.07, 6.45) is 0.211. The van der Waals surface area contributed by atoms with E-state index in [2.05, 4.69) is 21.2 Å². The highest BCUT2D eigenvalue weighted by Crippen LogP contribution is 2.28. The van der Waals surface area contributed by atoms with Crippen molar-refractivity contribution in [3.05, 3.63) is 53.0 Å². The van der Waals surface area contributed by atoms with Crippen LogP contribution in [-0.4, -0.2) is 25.5 Å². The fourth-order valence-corrected chi connectivity index (χ4v) is 3.11. The van der Waals surface area contributed by atoms with Crippen molar-refractivity contribution in [1.82, 2.24) is 0 Å². The SMILES string of the molecule is COc1cccc(NC(=O)C2CC(=O)N(c3cccc(Br)c3)C2)c1. The second-order valence-corrected chi connectivity index (χ2v) is 6.52. The van der Waals surface area contributed by atoms with Gasteiger partial charge in [-0.3, -0.25) is 9.59 Å². The number of nitrogens with zero attached hydrogens (tertiary/aromatic N) is 1. The maximum Gasteiger partial charge on any atom is 0.229 e. The number of benzene rings is 2. The molecule has 124 valence electrons. The fourth-order valence-electron chi connectivity index (χ4n) is 2.72. The minimum atomic E-state index is -0.373. The van der Waals surface area contributed by atoms with Crippen LogP contribution >= 0.6 is 15.9 Å². The minimum absolute atomic E-state index is 0.0427. The van der Waals surface area contributed by atoms with Crippen molar-refractivity contribution in [2.24, 2.45) is 5.92 Å². The Morgan fingerprint density at radius 2 is 2.04 bits per heavy atom. The number of carbonyl (C=O) groups excluding carboxylic acids is 2. The predicted molar refractivity (Wildman–Crippen MR) is 96.2 cm³/mol. The molecule has 1 saturated heterocycles. The van der Waals surface area contributed by atoms with Crippen LogP contribution in [0.3, 0.4) is 0 Å². The van der Waals surface area contributed by atoms with Gasteiger partial charge in [0, 0.05) is 34.9 Å². The first-order valence-corrected chi connectivity index (χ1v) is 8.37. The zero-order chi connectivity index (χ0) is 17.1. The summed E-state index contributed by atoms with van der Waals surface area (Å²) >= 11 is 3.40. The lowest BCUT2D eigenvalue weighted by atomic mass is 10.1. The van der Waals surface area contributed by atoms with Gasteiger partial charge in [-0.2, -0.15) is 0 Å². The molecule has 0 spiro atoms. The number of hydrogen-bond donors (Lipinski definition) is 1. The van der Waals surface area contributed by atoms with E-state index in [0.29, 0.717) is 18.0 Å². The van der Waals surface area contributed by atoms with Crippen LogP contribution in [0.4, 0.5) is 11.4 Å². The largest absolute Gasteiger partial charge is 0.497 e. The predicted octanol–water partition coefficient (Wildman–Crippen LogP) is 3.45. The maximum atomic E-state index is 12.5. The summed E-state index contributed by atoms with van der Waals surface area (Å²) in [5, 5.41) is 2.86. The van der Waals surface area contributed by atoms with Crippen LogP contribution in [0, 0.1) is 5.92 Å². The topological polar surface area (TPSA) is 58.6 Å². The van der Waals surface area contributed by atoms with E-state index in [4.69, 9.17) is 4.74 Å². The zero-order valence-corrected chi connectivity index (χ0v) is 14.7. The van der Waals surface area contributed by atoms with E-state index in [1.807, 2.05) is 36.4 Å². The molecule has 6 heteroatoms. The summed E-state index contributed by atoms with van der Waals surface area (Å²) < 4.78 is 6.05. The van der Waals surface area contributed by atoms with E-state index >= 15 is 0 Å². The van der Waals surface area contributed by atoms with E-state index in [0.717, 1.165) is 10.2 Å². The van der Waals surface area contributed by atoms with Gasteiger partial charge in [0.05, 0.1) is 13.0 Å². The summed E-state index contributed by atoms with van der Waals surface area (Å²) in [5.74, 6) is 0.0988. The van der Waals surface area contributed by atoms with Crippen LogP contribution in [0.2, 0.25) is 0 Å². The van der Waals surface area contributed by atoms with Gasteiger partial charge < -0.3 is 15.0 Å². The molecule has 0 aliphatic carbocycles. The molecule has 0 radical (unpaired) electrons. The molecular formula is C18H17BrN2O3. The molecule has 3 rings (SSSR count). The molecule has 5 nitrogen and oxygen atoms in total. The van der Waals surface area contributed by atoms with Crippen molar-refractivity contribution in [3.63, 3.8) is 0 Å². The Labute approximate surface area is 148 Å². The highest BCUT2D eigenvalue weighted by atomic mass is 79.9. The molecule has 0 bridgehead atoms. The molecule has 0 saturated carbocycles. The van der Waals surface area contributed by atoms with Crippen molar-refractivity contribution in [3.8, 4) is 5.75 Å². The number of methoxy groups -OCH3 is 1. The number of carbonyl (C=O) groups is 2. The molecule has 1 atom stereocenters. The summed E-state index contributed by atoms with van der Waals surface area (Å²) in [6.45, 7) is 0.380. The standard InChI is InChI=1S/C18H17BrN2O3/c1-24-16-7-3-5-14(10-16)20-18(23)12-8-17(22)21(11-12)15-6-2-4-13(19)9-15/h2-7,9-10,12H,8,11H2,1H3,(H,20,23). The van der Waals surface area contributed by atoms with Gasteiger partial charge in [0.2, 0.25) is 11.8 Å². The van der Waals surface area contributed by atoms with Crippen LogP contribution in [-0.2, 0) is 9.59 Å². The Morgan fingerprint density at radius 3 is 2.79 bits per heavy atom. The Morgan fingerprint density at radius 1 is 1.25 bits per heavy atom. The quantitative estimate of drug-likeness (QED) is 0.872. The fraction of sp³-hybridized carbons (Fsp3) is 0.222. The average molecular weight is 389 g/mol. The molecule has 0 aromatic heterocycles. The Hall–Kier alpha value is -2.34. The third-order valence-electron chi connectivity index (χ3n) is 3.95. The van der Waals surface area contributed by atoms with Crippen molar-refractivity contribution < 1.29 is 14.3 Å². The molecule has 1 N–H and O–H groups in total.